The van der Waals surface area contributed by atoms with Crippen molar-refractivity contribution in [3.05, 3.63) is 101 Å². The minimum absolute atomic E-state index is 0.0606. The molecule has 0 radical (unpaired) electrons. The molecule has 5 nitrogen and oxygen atoms in total. The number of phenolic OH excluding ortho intramolecular Hbond substituents is 1. The van der Waals surface area contributed by atoms with E-state index in [4.69, 9.17) is 0 Å². The molecular formula is C24H23NO4. The fourth-order valence-electron chi connectivity index (χ4n) is 3.27. The van der Waals surface area contributed by atoms with Crippen LogP contribution in [-0.2, 0) is 10.3 Å². The number of rotatable bonds is 6. The van der Waals surface area contributed by atoms with Crippen molar-refractivity contribution in [2.24, 2.45) is 4.99 Å². The van der Waals surface area contributed by atoms with Crippen LogP contribution in [0.5, 0.6) is 5.75 Å². The maximum Gasteiger partial charge on any atom is 0.341 e. The van der Waals surface area contributed by atoms with E-state index in [9.17, 15) is 15.0 Å². The number of phenols is 1. The summed E-state index contributed by atoms with van der Waals surface area (Å²) >= 11 is 0. The Morgan fingerprint density at radius 3 is 2.03 bits per heavy atom. The van der Waals surface area contributed by atoms with E-state index in [0.717, 1.165) is 0 Å². The van der Waals surface area contributed by atoms with Crippen molar-refractivity contribution in [1.82, 2.24) is 0 Å². The van der Waals surface area contributed by atoms with Crippen molar-refractivity contribution in [3.63, 3.8) is 0 Å². The van der Waals surface area contributed by atoms with Gasteiger partial charge in [-0.3, -0.25) is 4.99 Å². The summed E-state index contributed by atoms with van der Waals surface area (Å²) in [4.78, 5) is 16.3. The predicted octanol–water partition coefficient (Wildman–Crippen LogP) is 3.92. The molecule has 2 N–H and O–H groups in total. The number of hydrogen-bond acceptors (Lipinski definition) is 5. The van der Waals surface area contributed by atoms with Crippen molar-refractivity contribution < 1.29 is 19.7 Å². The molecule has 3 rings (SSSR count). The van der Waals surface area contributed by atoms with E-state index < -0.39 is 17.6 Å². The number of carbonyl (C=O) groups excluding carboxylic acids is 1. The smallest absolute Gasteiger partial charge is 0.341 e. The highest BCUT2D eigenvalue weighted by atomic mass is 16.5. The highest BCUT2D eigenvalue weighted by molar-refractivity contribution is 5.96. The first-order chi connectivity index (χ1) is 14.0. The van der Waals surface area contributed by atoms with Crippen LogP contribution in [0.15, 0.2) is 83.9 Å². The Balaban J connectivity index is 2.01. The van der Waals surface area contributed by atoms with Crippen molar-refractivity contribution >= 4 is 12.2 Å². The van der Waals surface area contributed by atoms with Crippen molar-refractivity contribution in [2.75, 3.05) is 7.11 Å². The third-order valence-electron chi connectivity index (χ3n) is 4.94. The van der Waals surface area contributed by atoms with Gasteiger partial charge in [-0.15, -0.1) is 0 Å². The Hall–Kier alpha value is -3.44. The number of aliphatic hydroxyl groups is 1. The van der Waals surface area contributed by atoms with E-state index in [1.807, 2.05) is 60.7 Å². The number of esters is 1. The monoisotopic (exact) mass is 389 g/mol. The highest BCUT2D eigenvalue weighted by Gasteiger charge is 2.37. The summed E-state index contributed by atoms with van der Waals surface area (Å²) in [5, 5.41) is 22.1. The standard InChI is InChI=1S/C24H23NO4/c1-17(25-16-18-10-9-15-21(22(18)26)23(27)29-2)24(28,19-11-5-3-6-12-19)20-13-7-4-8-14-20/h3-17,26,28H,1-2H3/t17-/m1/s1. The third-order valence-corrected chi connectivity index (χ3v) is 4.94. The molecule has 0 aliphatic rings. The SMILES string of the molecule is COC(=O)c1cccc(C=N[C@H](C)C(O)(c2ccccc2)c2ccccc2)c1O. The number of hydrogen-bond donors (Lipinski definition) is 2. The average molecular weight is 389 g/mol. The molecule has 0 amide bonds. The Kier molecular flexibility index (Phi) is 6.10. The van der Waals surface area contributed by atoms with Crippen LogP contribution in [-0.4, -0.2) is 35.5 Å². The molecule has 0 bridgehead atoms. The average Bonchev–Trinajstić information content (AvgIpc) is 2.78. The first kappa shape index (κ1) is 20.3. The largest absolute Gasteiger partial charge is 0.506 e. The molecule has 0 saturated carbocycles. The van der Waals surface area contributed by atoms with Crippen LogP contribution in [0.2, 0.25) is 0 Å². The van der Waals surface area contributed by atoms with E-state index in [-0.39, 0.29) is 11.3 Å². The molecule has 0 aliphatic heterocycles. The zero-order valence-electron chi connectivity index (χ0n) is 16.3. The summed E-state index contributed by atoms with van der Waals surface area (Å²) in [5.41, 5.74) is 0.481. The molecule has 5 heteroatoms. The molecule has 0 aromatic heterocycles. The lowest BCUT2D eigenvalue weighted by Crippen LogP contribution is -2.38. The molecule has 0 fully saturated rings. The number of aliphatic imine (C=N–C) groups is 1. The lowest BCUT2D eigenvalue weighted by Gasteiger charge is -2.33. The molecule has 0 unspecified atom stereocenters. The van der Waals surface area contributed by atoms with Crippen LogP contribution in [0, 0.1) is 0 Å². The maximum absolute atomic E-state index is 11.8. The molecule has 29 heavy (non-hydrogen) atoms. The fraction of sp³-hybridized carbons (Fsp3) is 0.167. The van der Waals surface area contributed by atoms with E-state index in [2.05, 4.69) is 9.73 Å². The molecule has 0 saturated heterocycles. The van der Waals surface area contributed by atoms with Crippen molar-refractivity contribution in [2.45, 2.75) is 18.6 Å². The summed E-state index contributed by atoms with van der Waals surface area (Å²) < 4.78 is 4.68. The quantitative estimate of drug-likeness (QED) is 0.495. The summed E-state index contributed by atoms with van der Waals surface area (Å²) in [6.45, 7) is 1.80. The molecule has 1 atom stereocenters. The molecule has 3 aromatic carbocycles. The molecule has 148 valence electrons. The van der Waals surface area contributed by atoms with E-state index in [1.54, 1.807) is 19.1 Å². The third kappa shape index (κ3) is 4.05. The highest BCUT2D eigenvalue weighted by Crippen LogP contribution is 2.34. The van der Waals surface area contributed by atoms with Gasteiger partial charge in [0.15, 0.2) is 0 Å². The van der Waals surface area contributed by atoms with Gasteiger partial charge in [-0.05, 0) is 30.2 Å². The summed E-state index contributed by atoms with van der Waals surface area (Å²) in [6, 6.07) is 22.8. The van der Waals surface area contributed by atoms with Gasteiger partial charge in [0.05, 0.1) is 13.2 Å². The van der Waals surface area contributed by atoms with E-state index in [1.165, 1.54) is 19.4 Å². The topological polar surface area (TPSA) is 79.1 Å². The maximum atomic E-state index is 11.8. The lowest BCUT2D eigenvalue weighted by atomic mass is 9.81. The van der Waals surface area contributed by atoms with Gasteiger partial charge in [0.2, 0.25) is 0 Å². The van der Waals surface area contributed by atoms with Crippen LogP contribution in [0.25, 0.3) is 0 Å². The zero-order valence-corrected chi connectivity index (χ0v) is 16.3. The molecule has 3 aromatic rings. The van der Waals surface area contributed by atoms with Crippen molar-refractivity contribution in [1.29, 1.82) is 0 Å². The minimum atomic E-state index is -1.37. The Morgan fingerprint density at radius 2 is 1.52 bits per heavy atom. The number of carbonyl (C=O) groups is 1. The second kappa shape index (κ2) is 8.71. The molecule has 0 spiro atoms. The summed E-state index contributed by atoms with van der Waals surface area (Å²) in [5.74, 6) is -0.839. The first-order valence-electron chi connectivity index (χ1n) is 9.25. The van der Waals surface area contributed by atoms with Crippen LogP contribution in [0.4, 0.5) is 0 Å². The van der Waals surface area contributed by atoms with Gasteiger partial charge in [0, 0.05) is 11.8 Å². The van der Waals surface area contributed by atoms with Crippen molar-refractivity contribution in [3.8, 4) is 5.75 Å². The molecular weight excluding hydrogens is 366 g/mol. The second-order valence-electron chi connectivity index (χ2n) is 6.69. The number of aromatic hydroxyl groups is 1. The van der Waals surface area contributed by atoms with Crippen LogP contribution in [0.1, 0.15) is 34.0 Å². The van der Waals surface area contributed by atoms with Gasteiger partial charge in [-0.25, -0.2) is 4.79 Å². The Morgan fingerprint density at radius 1 is 0.966 bits per heavy atom. The Bertz CT molecular complexity index is 960. The normalized spacial score (nSPS) is 12.7. The lowest BCUT2D eigenvalue weighted by molar-refractivity contribution is 0.0586. The zero-order chi connectivity index (χ0) is 20.9. The second-order valence-corrected chi connectivity index (χ2v) is 6.69. The molecule has 0 aliphatic carbocycles. The molecule has 0 heterocycles. The van der Waals surface area contributed by atoms with Gasteiger partial charge in [0.25, 0.3) is 0 Å². The Labute approximate surface area is 169 Å². The van der Waals surface area contributed by atoms with E-state index in [0.29, 0.717) is 16.7 Å². The van der Waals surface area contributed by atoms with Gasteiger partial charge in [0.1, 0.15) is 16.9 Å². The summed E-state index contributed by atoms with van der Waals surface area (Å²) in [7, 11) is 1.25. The van der Waals surface area contributed by atoms with Crippen LogP contribution in [0.3, 0.4) is 0 Å². The van der Waals surface area contributed by atoms with E-state index >= 15 is 0 Å². The number of nitrogens with zero attached hydrogens (tertiary/aromatic N) is 1. The first-order valence-corrected chi connectivity index (χ1v) is 9.25. The van der Waals surface area contributed by atoms with Gasteiger partial charge >= 0.3 is 5.97 Å². The fourth-order valence-corrected chi connectivity index (χ4v) is 3.27. The number of methoxy groups -OCH3 is 1. The minimum Gasteiger partial charge on any atom is -0.506 e. The van der Waals surface area contributed by atoms with Gasteiger partial charge < -0.3 is 14.9 Å². The van der Waals surface area contributed by atoms with Crippen LogP contribution < -0.4 is 0 Å². The van der Waals surface area contributed by atoms with Gasteiger partial charge in [-0.2, -0.15) is 0 Å². The van der Waals surface area contributed by atoms with Gasteiger partial charge in [-0.1, -0.05) is 66.7 Å². The predicted molar refractivity (Wildman–Crippen MR) is 112 cm³/mol. The number of benzene rings is 3. The summed E-state index contributed by atoms with van der Waals surface area (Å²) in [6.07, 6.45) is 1.46. The number of ether oxygens (including phenoxy) is 1. The van der Waals surface area contributed by atoms with Crippen LogP contribution >= 0.6 is 0 Å². The number of para-hydroxylation sites is 1.